The van der Waals surface area contributed by atoms with Gasteiger partial charge >= 0.3 is 0 Å². The van der Waals surface area contributed by atoms with Crippen molar-refractivity contribution in [2.75, 3.05) is 6.26 Å². The van der Waals surface area contributed by atoms with E-state index in [2.05, 4.69) is 27.6 Å². The second-order valence-electron chi connectivity index (χ2n) is 5.56. The number of nitrogens with zero attached hydrogens (tertiary/aromatic N) is 1. The molecule has 2 aromatic heterocycles. The van der Waals surface area contributed by atoms with Crippen molar-refractivity contribution in [1.82, 2.24) is 15.0 Å². The molecule has 0 saturated carbocycles. The zero-order valence-corrected chi connectivity index (χ0v) is 15.1. The molecule has 124 valence electrons. The van der Waals surface area contributed by atoms with Crippen molar-refractivity contribution in [1.29, 1.82) is 0 Å². The maximum absolute atomic E-state index is 12.4. The Morgan fingerprint density at radius 1 is 1.20 bits per heavy atom. The number of pyridine rings is 1. The van der Waals surface area contributed by atoms with Crippen LogP contribution in [0.5, 0.6) is 0 Å². The number of aromatic nitrogens is 3. The van der Waals surface area contributed by atoms with Gasteiger partial charge in [0, 0.05) is 33.4 Å². The number of hydrogen-bond donors (Lipinski definition) is 2. The molecular weight excluding hydrogens is 350 g/mol. The highest BCUT2D eigenvalue weighted by Crippen LogP contribution is 2.25. The van der Waals surface area contributed by atoms with Gasteiger partial charge < -0.3 is 9.97 Å². The summed E-state index contributed by atoms with van der Waals surface area (Å²) in [6, 6.07) is 9.99. The Morgan fingerprint density at radius 3 is 2.72 bits per heavy atom. The first-order valence-electron chi connectivity index (χ1n) is 7.65. The number of thiophene rings is 1. The summed E-state index contributed by atoms with van der Waals surface area (Å²) in [5, 5.41) is 2.28. The van der Waals surface area contributed by atoms with Crippen LogP contribution in [0, 0.1) is 10.7 Å². The van der Waals surface area contributed by atoms with Crippen molar-refractivity contribution in [3.8, 4) is 11.1 Å². The van der Waals surface area contributed by atoms with Gasteiger partial charge in [0.2, 0.25) is 0 Å². The molecule has 0 amide bonds. The summed E-state index contributed by atoms with van der Waals surface area (Å²) < 4.78 is 1.22. The summed E-state index contributed by atoms with van der Waals surface area (Å²) in [4.78, 5) is 23.7. The topological polar surface area (TPSA) is 61.5 Å². The molecule has 0 aliphatic carbocycles. The smallest absolute Gasteiger partial charge is 0.257 e. The molecule has 2 aromatic rings. The van der Waals surface area contributed by atoms with Gasteiger partial charge in [-0.05, 0) is 48.2 Å². The van der Waals surface area contributed by atoms with Crippen LogP contribution in [-0.4, -0.2) is 21.2 Å². The van der Waals surface area contributed by atoms with Gasteiger partial charge in [0.25, 0.3) is 5.56 Å². The Bertz CT molecular complexity index is 1270. The van der Waals surface area contributed by atoms with Crippen molar-refractivity contribution < 1.29 is 0 Å². The third-order valence-electron chi connectivity index (χ3n) is 4.01. The van der Waals surface area contributed by atoms with Gasteiger partial charge in [-0.3, -0.25) is 9.78 Å². The van der Waals surface area contributed by atoms with Crippen molar-refractivity contribution in [3.05, 3.63) is 79.2 Å². The average molecular weight is 365 g/mol. The van der Waals surface area contributed by atoms with Crippen molar-refractivity contribution in [2.24, 2.45) is 0 Å². The van der Waals surface area contributed by atoms with Crippen molar-refractivity contribution >= 4 is 35.8 Å². The fraction of sp³-hybridized carbons (Fsp3) is 0.0526. The lowest BCUT2D eigenvalue weighted by molar-refractivity contribution is 1.08. The highest BCUT2D eigenvalue weighted by Gasteiger charge is 2.06. The zero-order chi connectivity index (χ0) is 17.4. The second-order valence-corrected chi connectivity index (χ2v) is 7.78. The molecule has 0 fully saturated rings. The number of hydrogen-bond acceptors (Lipinski definition) is 4. The molecule has 2 aliphatic rings. The number of rotatable bonds is 3. The number of thioether (sulfide) groups is 1. The highest BCUT2D eigenvalue weighted by molar-refractivity contribution is 8.00. The van der Waals surface area contributed by atoms with Crippen LogP contribution >= 0.6 is 23.1 Å². The molecule has 0 spiro atoms. The Morgan fingerprint density at radius 2 is 2.00 bits per heavy atom. The summed E-state index contributed by atoms with van der Waals surface area (Å²) in [5.41, 5.74) is 2.57. The lowest BCUT2D eigenvalue weighted by Gasteiger charge is -2.01. The fourth-order valence-corrected chi connectivity index (χ4v) is 4.31. The molecule has 0 radical (unpaired) electrons. The third kappa shape index (κ3) is 2.94. The van der Waals surface area contributed by atoms with Gasteiger partial charge in [0.1, 0.15) is 5.48 Å². The maximum Gasteiger partial charge on any atom is 0.257 e. The van der Waals surface area contributed by atoms with Crippen LogP contribution in [0.2, 0.25) is 0 Å². The van der Waals surface area contributed by atoms with Crippen LogP contribution in [0.15, 0.2) is 51.7 Å². The number of aromatic amines is 2. The van der Waals surface area contributed by atoms with Gasteiger partial charge in [-0.25, -0.2) is 0 Å². The van der Waals surface area contributed by atoms with E-state index in [1.54, 1.807) is 35.5 Å². The minimum Gasteiger partial charge on any atom is -0.341 e. The first kappa shape index (κ1) is 15.9. The van der Waals surface area contributed by atoms with Gasteiger partial charge in [-0.15, -0.1) is 23.1 Å². The van der Waals surface area contributed by atoms with E-state index < -0.39 is 0 Å². The summed E-state index contributed by atoms with van der Waals surface area (Å²) in [7, 11) is 0. The molecule has 6 heteroatoms. The predicted octanol–water partition coefficient (Wildman–Crippen LogP) is 2.51. The summed E-state index contributed by atoms with van der Waals surface area (Å²) in [6.07, 6.45) is 7.49. The largest absolute Gasteiger partial charge is 0.341 e. The molecule has 0 saturated heterocycles. The van der Waals surface area contributed by atoms with Crippen LogP contribution in [-0.2, 0) is 0 Å². The van der Waals surface area contributed by atoms with E-state index in [1.807, 2.05) is 36.6 Å². The van der Waals surface area contributed by atoms with E-state index in [-0.39, 0.29) is 5.56 Å². The van der Waals surface area contributed by atoms with Crippen LogP contribution in [0.3, 0.4) is 0 Å². The standard InChI is InChI=1S/C19H15N3OS2/c1-11-14(12-5-7-20-8-6-12)10-15-16(19(23)22-18(15)21-11)9-13-3-4-17(24-2)25-13/h3-10,21H,1H2,2H3,(H,22,23). The predicted molar refractivity (Wildman–Crippen MR) is 104 cm³/mol. The van der Waals surface area contributed by atoms with E-state index in [0.29, 0.717) is 10.7 Å². The molecule has 4 nitrogen and oxygen atoms in total. The van der Waals surface area contributed by atoms with E-state index in [1.165, 1.54) is 4.21 Å². The molecular formula is C19H15N3OS2. The molecule has 0 aromatic carbocycles. The van der Waals surface area contributed by atoms with Crippen LogP contribution < -0.4 is 16.1 Å². The Labute approximate surface area is 151 Å². The second kappa shape index (κ2) is 6.38. The average Bonchev–Trinajstić information content (AvgIpc) is 3.20. The Hall–Kier alpha value is -2.57. The monoisotopic (exact) mass is 365 g/mol. The normalized spacial score (nSPS) is 12.1. The van der Waals surface area contributed by atoms with Crippen molar-refractivity contribution in [2.45, 2.75) is 4.21 Å². The lowest BCUT2D eigenvalue weighted by atomic mass is 10.1. The van der Waals surface area contributed by atoms with E-state index >= 15 is 0 Å². The quantitative estimate of drug-likeness (QED) is 0.549. The molecule has 4 heterocycles. The van der Waals surface area contributed by atoms with Crippen LogP contribution in [0.1, 0.15) is 4.88 Å². The molecule has 0 unspecified atom stereocenters. The minimum atomic E-state index is -0.100. The molecule has 0 atom stereocenters. The van der Waals surface area contributed by atoms with E-state index in [9.17, 15) is 4.79 Å². The fourth-order valence-electron chi connectivity index (χ4n) is 2.80. The first-order chi connectivity index (χ1) is 12.2. The van der Waals surface area contributed by atoms with Gasteiger partial charge in [0.15, 0.2) is 0 Å². The third-order valence-corrected chi connectivity index (χ3v) is 6.13. The van der Waals surface area contributed by atoms with Gasteiger partial charge in [-0.2, -0.15) is 0 Å². The van der Waals surface area contributed by atoms with Crippen LogP contribution in [0.25, 0.3) is 23.8 Å². The highest BCUT2D eigenvalue weighted by atomic mass is 32.2. The van der Waals surface area contributed by atoms with E-state index in [0.717, 1.165) is 26.6 Å². The van der Waals surface area contributed by atoms with Gasteiger partial charge in [-0.1, -0.05) is 6.58 Å². The summed E-state index contributed by atoms with van der Waals surface area (Å²) in [5.74, 6) is 0. The minimum absolute atomic E-state index is 0.100. The molecule has 2 N–H and O–H groups in total. The van der Waals surface area contributed by atoms with E-state index in [4.69, 9.17) is 0 Å². The lowest BCUT2D eigenvalue weighted by Crippen LogP contribution is -2.22. The number of nitrogens with one attached hydrogen (secondary N) is 2. The molecule has 2 aliphatic heterocycles. The maximum atomic E-state index is 12.4. The summed E-state index contributed by atoms with van der Waals surface area (Å²) in [6.45, 7) is 4.08. The first-order valence-corrected chi connectivity index (χ1v) is 9.70. The zero-order valence-electron chi connectivity index (χ0n) is 13.5. The Kier molecular flexibility index (Phi) is 4.07. The molecule has 4 rings (SSSR count). The number of H-pyrrole nitrogens is 2. The molecule has 25 heavy (non-hydrogen) atoms. The van der Waals surface area contributed by atoms with Gasteiger partial charge in [0.05, 0.1) is 9.43 Å². The molecule has 0 bridgehead atoms. The van der Waals surface area contributed by atoms with Crippen molar-refractivity contribution in [3.63, 3.8) is 0 Å². The SMILES string of the molecule is C=c1[nH]c2[nH]c(=O)c(=Cc3ccc(SC)s3)c=2cc1-c1ccncc1. The van der Waals surface area contributed by atoms with Crippen LogP contribution in [0.4, 0.5) is 0 Å². The summed E-state index contributed by atoms with van der Waals surface area (Å²) >= 11 is 3.38. The Balaban J connectivity index is 2.00.